The predicted molar refractivity (Wildman–Crippen MR) is 76.0 cm³/mol. The molecule has 0 spiro atoms. The van der Waals surface area contributed by atoms with Crippen LogP contribution in [0.4, 0.5) is 0 Å². The molecule has 0 bridgehead atoms. The molecule has 0 radical (unpaired) electrons. The summed E-state index contributed by atoms with van der Waals surface area (Å²) >= 11 is 0. The van der Waals surface area contributed by atoms with Crippen molar-refractivity contribution in [3.05, 3.63) is 52.7 Å². The minimum Gasteiger partial charge on any atom is -0.438 e. The standard InChI is InChI=1S/C15H17N3O/c1-9-4-5-12(11(3)8-9)19-15-13(14(16)17)10(2)6-7-18-15/h4-8H,1-3H3,(H3,16,17). The zero-order chi connectivity index (χ0) is 14.0. The third-order valence-electron chi connectivity index (χ3n) is 2.93. The van der Waals surface area contributed by atoms with Gasteiger partial charge < -0.3 is 10.5 Å². The topological polar surface area (TPSA) is 72.0 Å². The first kappa shape index (κ1) is 13.1. The highest BCUT2D eigenvalue weighted by Gasteiger charge is 2.13. The first-order valence-electron chi connectivity index (χ1n) is 6.04. The third-order valence-corrected chi connectivity index (χ3v) is 2.93. The first-order chi connectivity index (χ1) is 8.99. The Kier molecular flexibility index (Phi) is 3.51. The number of aryl methyl sites for hydroxylation is 3. The normalized spacial score (nSPS) is 10.3. The van der Waals surface area contributed by atoms with E-state index < -0.39 is 0 Å². The van der Waals surface area contributed by atoms with Gasteiger partial charge in [-0.15, -0.1) is 0 Å². The minimum absolute atomic E-state index is 0.0367. The second-order valence-electron chi connectivity index (χ2n) is 4.59. The first-order valence-corrected chi connectivity index (χ1v) is 6.04. The maximum absolute atomic E-state index is 7.63. The van der Waals surface area contributed by atoms with E-state index >= 15 is 0 Å². The Bertz CT molecular complexity index is 635. The molecular formula is C15H17N3O. The maximum atomic E-state index is 7.63. The van der Waals surface area contributed by atoms with E-state index in [4.69, 9.17) is 15.9 Å². The van der Waals surface area contributed by atoms with Gasteiger partial charge in [-0.2, -0.15) is 0 Å². The molecule has 1 aromatic carbocycles. The Labute approximate surface area is 112 Å². The summed E-state index contributed by atoms with van der Waals surface area (Å²) < 4.78 is 5.81. The summed E-state index contributed by atoms with van der Waals surface area (Å²) in [5.74, 6) is 1.07. The van der Waals surface area contributed by atoms with Crippen LogP contribution in [-0.2, 0) is 0 Å². The third kappa shape index (κ3) is 2.73. The Morgan fingerprint density at radius 2 is 1.89 bits per heavy atom. The largest absolute Gasteiger partial charge is 0.438 e. The van der Waals surface area contributed by atoms with Crippen molar-refractivity contribution in [1.29, 1.82) is 5.41 Å². The molecule has 3 N–H and O–H groups in total. The molecule has 0 saturated heterocycles. The lowest BCUT2D eigenvalue weighted by Gasteiger charge is -2.13. The molecular weight excluding hydrogens is 238 g/mol. The number of aromatic nitrogens is 1. The number of pyridine rings is 1. The molecule has 98 valence electrons. The van der Waals surface area contributed by atoms with Crippen molar-refractivity contribution in [2.75, 3.05) is 0 Å². The molecule has 0 amide bonds. The lowest BCUT2D eigenvalue weighted by atomic mass is 10.1. The average molecular weight is 255 g/mol. The van der Waals surface area contributed by atoms with E-state index in [0.29, 0.717) is 11.4 Å². The highest BCUT2D eigenvalue weighted by atomic mass is 16.5. The Morgan fingerprint density at radius 1 is 1.16 bits per heavy atom. The van der Waals surface area contributed by atoms with Gasteiger partial charge in [0.25, 0.3) is 0 Å². The van der Waals surface area contributed by atoms with Crippen molar-refractivity contribution in [1.82, 2.24) is 4.98 Å². The van der Waals surface area contributed by atoms with Crippen molar-refractivity contribution in [3.63, 3.8) is 0 Å². The fourth-order valence-electron chi connectivity index (χ4n) is 1.96. The smallest absolute Gasteiger partial charge is 0.230 e. The molecule has 0 aliphatic carbocycles. The second-order valence-corrected chi connectivity index (χ2v) is 4.59. The van der Waals surface area contributed by atoms with Crippen LogP contribution in [0.2, 0.25) is 0 Å². The number of amidine groups is 1. The highest BCUT2D eigenvalue weighted by Crippen LogP contribution is 2.27. The number of ether oxygens (including phenoxy) is 1. The molecule has 19 heavy (non-hydrogen) atoms. The SMILES string of the molecule is Cc1ccc(Oc2nccc(C)c2C(=N)N)c(C)c1. The van der Waals surface area contributed by atoms with Gasteiger partial charge in [-0.25, -0.2) is 4.98 Å². The van der Waals surface area contributed by atoms with Crippen molar-refractivity contribution in [2.45, 2.75) is 20.8 Å². The molecule has 0 unspecified atom stereocenters. The van der Waals surface area contributed by atoms with Gasteiger partial charge in [0.1, 0.15) is 11.6 Å². The fraction of sp³-hybridized carbons (Fsp3) is 0.200. The molecule has 2 rings (SSSR count). The monoisotopic (exact) mass is 255 g/mol. The molecule has 1 aromatic heterocycles. The Balaban J connectivity index is 2.44. The van der Waals surface area contributed by atoms with E-state index in [-0.39, 0.29) is 5.84 Å². The molecule has 4 heteroatoms. The highest BCUT2D eigenvalue weighted by molar-refractivity contribution is 5.98. The summed E-state index contributed by atoms with van der Waals surface area (Å²) in [5.41, 5.74) is 9.22. The van der Waals surface area contributed by atoms with Crippen LogP contribution >= 0.6 is 0 Å². The van der Waals surface area contributed by atoms with E-state index in [9.17, 15) is 0 Å². The summed E-state index contributed by atoms with van der Waals surface area (Å²) in [7, 11) is 0. The number of nitrogen functional groups attached to an aromatic ring is 1. The van der Waals surface area contributed by atoms with Gasteiger partial charge in [-0.05, 0) is 44.0 Å². The number of hydrogen-bond donors (Lipinski definition) is 2. The van der Waals surface area contributed by atoms with Gasteiger partial charge in [0.2, 0.25) is 5.88 Å². The number of hydrogen-bond acceptors (Lipinski definition) is 3. The molecule has 0 aliphatic rings. The minimum atomic E-state index is -0.0367. The van der Waals surface area contributed by atoms with Gasteiger partial charge >= 0.3 is 0 Å². The van der Waals surface area contributed by atoms with E-state index in [1.54, 1.807) is 6.20 Å². The lowest BCUT2D eigenvalue weighted by Crippen LogP contribution is -2.15. The summed E-state index contributed by atoms with van der Waals surface area (Å²) in [6.45, 7) is 5.89. The zero-order valence-corrected chi connectivity index (χ0v) is 11.3. The average Bonchev–Trinajstić information content (AvgIpc) is 2.32. The number of nitrogens with one attached hydrogen (secondary N) is 1. The molecule has 2 aromatic rings. The van der Waals surface area contributed by atoms with Crippen molar-refractivity contribution < 1.29 is 4.74 Å². The van der Waals surface area contributed by atoms with Crippen LogP contribution in [0.5, 0.6) is 11.6 Å². The van der Waals surface area contributed by atoms with Gasteiger partial charge in [0, 0.05) is 6.20 Å². The maximum Gasteiger partial charge on any atom is 0.230 e. The molecule has 0 aliphatic heterocycles. The van der Waals surface area contributed by atoms with Gasteiger partial charge in [0.15, 0.2) is 0 Å². The quantitative estimate of drug-likeness (QED) is 0.654. The van der Waals surface area contributed by atoms with Crippen LogP contribution in [0.25, 0.3) is 0 Å². The summed E-state index contributed by atoms with van der Waals surface area (Å²) in [4.78, 5) is 4.18. The number of rotatable bonds is 3. The summed E-state index contributed by atoms with van der Waals surface area (Å²) in [6.07, 6.45) is 1.65. The van der Waals surface area contributed by atoms with Crippen LogP contribution in [0, 0.1) is 26.2 Å². The van der Waals surface area contributed by atoms with Crippen LogP contribution in [0.15, 0.2) is 30.5 Å². The van der Waals surface area contributed by atoms with E-state index in [2.05, 4.69) is 4.98 Å². The van der Waals surface area contributed by atoms with Crippen molar-refractivity contribution in [2.24, 2.45) is 5.73 Å². The number of nitrogens with two attached hydrogens (primary N) is 1. The Morgan fingerprint density at radius 3 is 2.53 bits per heavy atom. The van der Waals surface area contributed by atoms with E-state index in [0.717, 1.165) is 16.9 Å². The van der Waals surface area contributed by atoms with Crippen molar-refractivity contribution >= 4 is 5.84 Å². The van der Waals surface area contributed by atoms with Gasteiger partial charge in [-0.1, -0.05) is 17.7 Å². The number of nitrogens with zero attached hydrogens (tertiary/aromatic N) is 1. The molecule has 4 nitrogen and oxygen atoms in total. The van der Waals surface area contributed by atoms with E-state index in [1.165, 1.54) is 5.56 Å². The van der Waals surface area contributed by atoms with Crippen LogP contribution in [0.3, 0.4) is 0 Å². The zero-order valence-electron chi connectivity index (χ0n) is 11.3. The lowest BCUT2D eigenvalue weighted by molar-refractivity contribution is 0.457. The van der Waals surface area contributed by atoms with Gasteiger partial charge in [0.05, 0.1) is 5.56 Å². The predicted octanol–water partition coefficient (Wildman–Crippen LogP) is 3.08. The Hall–Kier alpha value is -2.36. The summed E-state index contributed by atoms with van der Waals surface area (Å²) in [5, 5.41) is 7.63. The number of benzene rings is 1. The molecule has 0 saturated carbocycles. The van der Waals surface area contributed by atoms with Crippen LogP contribution in [0.1, 0.15) is 22.3 Å². The summed E-state index contributed by atoms with van der Waals surface area (Å²) in [6, 6.07) is 7.73. The molecule has 0 atom stereocenters. The van der Waals surface area contributed by atoms with Crippen LogP contribution in [-0.4, -0.2) is 10.8 Å². The molecule has 0 fully saturated rings. The second kappa shape index (κ2) is 5.10. The van der Waals surface area contributed by atoms with Gasteiger partial charge in [-0.3, -0.25) is 5.41 Å². The van der Waals surface area contributed by atoms with E-state index in [1.807, 2.05) is 45.0 Å². The molecule has 1 heterocycles. The van der Waals surface area contributed by atoms with Crippen LogP contribution < -0.4 is 10.5 Å². The van der Waals surface area contributed by atoms with Crippen molar-refractivity contribution in [3.8, 4) is 11.6 Å². The fourth-order valence-corrected chi connectivity index (χ4v) is 1.96.